The van der Waals surface area contributed by atoms with Crippen molar-refractivity contribution in [2.24, 2.45) is 0 Å². The first-order valence-corrected chi connectivity index (χ1v) is 15.4. The quantitative estimate of drug-likeness (QED) is 0.298. The second kappa shape index (κ2) is 9.72. The summed E-state index contributed by atoms with van der Waals surface area (Å²) in [7, 11) is 0. The van der Waals surface area contributed by atoms with Crippen LogP contribution in [0.5, 0.6) is 11.5 Å². The molecule has 0 aliphatic heterocycles. The van der Waals surface area contributed by atoms with Gasteiger partial charge in [0.15, 0.2) is 0 Å². The summed E-state index contributed by atoms with van der Waals surface area (Å²) in [5, 5.41) is 0. The normalized spacial score (nSPS) is 11.0. The van der Waals surface area contributed by atoms with Gasteiger partial charge in [0.25, 0.3) is 0 Å². The first kappa shape index (κ1) is 19.7. The minimum atomic E-state index is -3.72. The topological polar surface area (TPSA) is 18.5 Å². The molecule has 4 aromatic rings. The summed E-state index contributed by atoms with van der Waals surface area (Å²) in [6.45, 7) is 0. The molecule has 4 aromatic carbocycles. The van der Waals surface area contributed by atoms with Gasteiger partial charge in [-0.1, -0.05) is 0 Å². The minimum absolute atomic E-state index is 0.828. The zero-order chi connectivity index (χ0) is 19.8. The summed E-state index contributed by atoms with van der Waals surface area (Å²) in [4.78, 5) is 0. The summed E-state index contributed by atoms with van der Waals surface area (Å²) >= 11 is -3.72. The van der Waals surface area contributed by atoms with Crippen LogP contribution in [0.25, 0.3) is 0 Å². The zero-order valence-corrected chi connectivity index (χ0v) is 18.7. The molecule has 0 heterocycles. The van der Waals surface area contributed by atoms with Crippen LogP contribution in [0, 0.1) is 0 Å². The molecular formula is C26H24O2Zr. The van der Waals surface area contributed by atoms with E-state index >= 15 is 0 Å². The Balaban J connectivity index is 1.75. The fourth-order valence-corrected chi connectivity index (χ4v) is 11.6. The van der Waals surface area contributed by atoms with Crippen molar-refractivity contribution in [1.29, 1.82) is 0 Å². The molecule has 0 amide bonds. The van der Waals surface area contributed by atoms with Gasteiger partial charge in [-0.3, -0.25) is 0 Å². The van der Waals surface area contributed by atoms with E-state index < -0.39 is 21.1 Å². The van der Waals surface area contributed by atoms with E-state index in [0.29, 0.717) is 0 Å². The standard InChI is InChI=1S/2C7H7.2C6H6O.Zr/c2*1-7-5-3-2-4-6-7;2*7-6-4-2-1-3-5-6;/h2*2-6H,1H2;2*1-5,7H;/q;;;;+2/p-2. The average Bonchev–Trinajstić information content (AvgIpc) is 2.76. The van der Waals surface area contributed by atoms with Crippen molar-refractivity contribution in [3.63, 3.8) is 0 Å². The molecule has 0 saturated carbocycles. The summed E-state index contributed by atoms with van der Waals surface area (Å²) in [5.41, 5.74) is 2.51. The van der Waals surface area contributed by atoms with Crippen LogP contribution in [0.3, 0.4) is 0 Å². The van der Waals surface area contributed by atoms with Gasteiger partial charge in [-0.05, 0) is 0 Å². The first-order valence-electron chi connectivity index (χ1n) is 9.87. The molecule has 0 atom stereocenters. The van der Waals surface area contributed by atoms with Crippen LogP contribution >= 0.6 is 0 Å². The second-order valence-corrected chi connectivity index (χ2v) is 14.3. The Morgan fingerprint density at radius 1 is 0.414 bits per heavy atom. The summed E-state index contributed by atoms with van der Waals surface area (Å²) in [6.07, 6.45) is 0. The van der Waals surface area contributed by atoms with Crippen LogP contribution in [-0.2, 0) is 29.4 Å². The predicted molar refractivity (Wildman–Crippen MR) is 114 cm³/mol. The van der Waals surface area contributed by atoms with Crippen LogP contribution < -0.4 is 5.63 Å². The van der Waals surface area contributed by atoms with Gasteiger partial charge in [0, 0.05) is 0 Å². The van der Waals surface area contributed by atoms with Crippen LogP contribution in [0.1, 0.15) is 11.1 Å². The zero-order valence-electron chi connectivity index (χ0n) is 16.3. The first-order chi connectivity index (χ1) is 14.3. The third-order valence-corrected chi connectivity index (χ3v) is 12.4. The van der Waals surface area contributed by atoms with E-state index in [2.05, 4.69) is 48.5 Å². The number of hydrogen-bond acceptors (Lipinski definition) is 2. The Morgan fingerprint density at radius 3 is 1.07 bits per heavy atom. The Morgan fingerprint density at radius 2 is 0.724 bits per heavy atom. The molecule has 0 aliphatic rings. The number of hydrogen-bond donors (Lipinski definition) is 0. The number of para-hydroxylation sites is 2. The van der Waals surface area contributed by atoms with Crippen LogP contribution in [0.15, 0.2) is 121 Å². The van der Waals surface area contributed by atoms with Crippen molar-refractivity contribution in [3.05, 3.63) is 132 Å². The van der Waals surface area contributed by atoms with E-state index in [1.807, 2.05) is 72.8 Å². The third-order valence-electron chi connectivity index (χ3n) is 4.73. The Kier molecular flexibility index (Phi) is 6.59. The fourth-order valence-electron chi connectivity index (χ4n) is 3.45. The van der Waals surface area contributed by atoms with E-state index in [1.54, 1.807) is 0 Å². The SMILES string of the molecule is c1ccc([CH2][Zr]([CH2]c2ccccc2)([O]c2ccccc2)[O]c2ccccc2)cc1. The number of benzene rings is 4. The maximum absolute atomic E-state index is 6.80. The van der Waals surface area contributed by atoms with Gasteiger partial charge < -0.3 is 0 Å². The third kappa shape index (κ3) is 5.68. The monoisotopic (exact) mass is 458 g/mol. The average molecular weight is 460 g/mol. The maximum atomic E-state index is 6.80. The molecule has 0 radical (unpaired) electrons. The fraction of sp³-hybridized carbons (Fsp3) is 0.0769. The second-order valence-electron chi connectivity index (χ2n) is 7.07. The molecule has 0 fully saturated rings. The molecular weight excluding hydrogens is 436 g/mol. The van der Waals surface area contributed by atoms with E-state index in [1.165, 1.54) is 11.1 Å². The van der Waals surface area contributed by atoms with Gasteiger partial charge in [0.1, 0.15) is 0 Å². The van der Waals surface area contributed by atoms with Crippen molar-refractivity contribution >= 4 is 0 Å². The van der Waals surface area contributed by atoms with Crippen molar-refractivity contribution < 1.29 is 26.8 Å². The molecule has 0 unspecified atom stereocenters. The van der Waals surface area contributed by atoms with Crippen molar-refractivity contribution in [2.45, 2.75) is 8.26 Å². The van der Waals surface area contributed by atoms with Crippen LogP contribution in [-0.4, -0.2) is 0 Å². The molecule has 29 heavy (non-hydrogen) atoms. The Hall–Kier alpha value is -2.64. The van der Waals surface area contributed by atoms with Crippen LogP contribution in [0.2, 0.25) is 0 Å². The van der Waals surface area contributed by atoms with Gasteiger partial charge in [-0.15, -0.1) is 0 Å². The molecule has 0 N–H and O–H groups in total. The molecule has 0 spiro atoms. The van der Waals surface area contributed by atoms with Gasteiger partial charge in [0.2, 0.25) is 0 Å². The molecule has 0 aliphatic carbocycles. The van der Waals surface area contributed by atoms with Gasteiger partial charge in [0.05, 0.1) is 0 Å². The predicted octanol–water partition coefficient (Wildman–Crippen LogP) is 6.53. The van der Waals surface area contributed by atoms with E-state index in [0.717, 1.165) is 19.8 Å². The van der Waals surface area contributed by atoms with Crippen molar-refractivity contribution in [3.8, 4) is 11.5 Å². The Labute approximate surface area is 178 Å². The summed E-state index contributed by atoms with van der Waals surface area (Å²) in [5.74, 6) is 1.76. The molecule has 0 aromatic heterocycles. The van der Waals surface area contributed by atoms with Crippen LogP contribution in [0.4, 0.5) is 0 Å². The van der Waals surface area contributed by atoms with E-state index in [-0.39, 0.29) is 0 Å². The summed E-state index contributed by atoms with van der Waals surface area (Å²) in [6, 6.07) is 41.3. The van der Waals surface area contributed by atoms with Gasteiger partial charge in [-0.25, -0.2) is 0 Å². The van der Waals surface area contributed by atoms with Gasteiger partial charge >= 0.3 is 179 Å². The molecule has 0 bridgehead atoms. The Bertz CT molecular complexity index is 818. The molecule has 0 saturated heterocycles. The van der Waals surface area contributed by atoms with E-state index in [9.17, 15) is 0 Å². The molecule has 3 heteroatoms. The van der Waals surface area contributed by atoms with Crippen molar-refractivity contribution in [1.82, 2.24) is 0 Å². The molecule has 2 nitrogen and oxygen atoms in total. The number of rotatable bonds is 8. The summed E-state index contributed by atoms with van der Waals surface area (Å²) < 4.78 is 15.3. The van der Waals surface area contributed by atoms with E-state index in [4.69, 9.17) is 5.63 Å². The molecule has 144 valence electrons. The van der Waals surface area contributed by atoms with Crippen molar-refractivity contribution in [2.75, 3.05) is 0 Å². The molecule has 4 rings (SSSR count). The van der Waals surface area contributed by atoms with Gasteiger partial charge in [-0.2, -0.15) is 0 Å².